The molecule has 0 fully saturated rings. The minimum Gasteiger partial charge on any atom is -0.329 e. The summed E-state index contributed by atoms with van der Waals surface area (Å²) in [6.07, 6.45) is 0. The van der Waals surface area contributed by atoms with Crippen molar-refractivity contribution < 1.29 is 0 Å². The first-order chi connectivity index (χ1) is 8.20. The van der Waals surface area contributed by atoms with Crippen LogP contribution in [0.2, 0.25) is 4.34 Å². The number of aromatic nitrogens is 1. The Balaban J connectivity index is 2.07. The number of thiophene rings is 1. The van der Waals surface area contributed by atoms with E-state index >= 15 is 0 Å². The average molecular weight is 288 g/mol. The molecular formula is C11H14ClN3S2. The molecule has 1 atom stereocenters. The Kier molecular flexibility index (Phi) is 4.53. The molecule has 2 rings (SSSR count). The first kappa shape index (κ1) is 13.0. The molecule has 0 spiro atoms. The fourth-order valence-corrected chi connectivity index (χ4v) is 3.49. The summed E-state index contributed by atoms with van der Waals surface area (Å²) in [5.74, 6) is 0. The van der Waals surface area contributed by atoms with Crippen LogP contribution in [-0.2, 0) is 6.54 Å². The molecule has 3 nitrogen and oxygen atoms in total. The zero-order valence-electron chi connectivity index (χ0n) is 9.47. The monoisotopic (exact) mass is 287 g/mol. The van der Waals surface area contributed by atoms with Crippen molar-refractivity contribution >= 4 is 34.3 Å². The highest BCUT2D eigenvalue weighted by Gasteiger charge is 2.18. The maximum atomic E-state index is 5.96. The standard InChI is InChI=1S/C11H14ClN3S2/c1-15(5-8-6-16-7-14-8)9(4-13)10-2-3-11(12)17-10/h2-3,6-7,9H,4-5,13H2,1H3. The van der Waals surface area contributed by atoms with E-state index in [-0.39, 0.29) is 6.04 Å². The van der Waals surface area contributed by atoms with Crippen molar-refractivity contribution in [1.29, 1.82) is 0 Å². The van der Waals surface area contributed by atoms with Crippen LogP contribution in [0.15, 0.2) is 23.0 Å². The molecular weight excluding hydrogens is 274 g/mol. The van der Waals surface area contributed by atoms with Gasteiger partial charge < -0.3 is 5.73 Å². The summed E-state index contributed by atoms with van der Waals surface area (Å²) in [7, 11) is 2.06. The quantitative estimate of drug-likeness (QED) is 0.919. The lowest BCUT2D eigenvalue weighted by Gasteiger charge is -2.25. The summed E-state index contributed by atoms with van der Waals surface area (Å²) in [5.41, 5.74) is 8.78. The number of hydrogen-bond acceptors (Lipinski definition) is 5. The second-order valence-electron chi connectivity index (χ2n) is 3.79. The fourth-order valence-electron chi connectivity index (χ4n) is 1.70. The van der Waals surface area contributed by atoms with Gasteiger partial charge in [-0.25, -0.2) is 4.98 Å². The van der Waals surface area contributed by atoms with Crippen LogP contribution in [0.4, 0.5) is 0 Å². The molecule has 0 aliphatic rings. The van der Waals surface area contributed by atoms with Gasteiger partial charge >= 0.3 is 0 Å². The molecule has 17 heavy (non-hydrogen) atoms. The van der Waals surface area contributed by atoms with E-state index in [0.29, 0.717) is 6.54 Å². The van der Waals surface area contributed by atoms with Crippen LogP contribution in [0.5, 0.6) is 0 Å². The number of halogens is 1. The maximum absolute atomic E-state index is 5.96. The number of likely N-dealkylation sites (N-methyl/N-ethyl adjacent to an activating group) is 1. The van der Waals surface area contributed by atoms with E-state index in [9.17, 15) is 0 Å². The average Bonchev–Trinajstić information content (AvgIpc) is 2.91. The van der Waals surface area contributed by atoms with Crippen LogP contribution in [0.1, 0.15) is 16.6 Å². The van der Waals surface area contributed by atoms with Crippen molar-refractivity contribution in [2.75, 3.05) is 13.6 Å². The Labute approximate surface area is 114 Å². The molecule has 0 saturated carbocycles. The Morgan fingerprint density at radius 2 is 2.35 bits per heavy atom. The highest BCUT2D eigenvalue weighted by atomic mass is 35.5. The molecule has 2 aromatic rings. The van der Waals surface area contributed by atoms with Crippen molar-refractivity contribution in [1.82, 2.24) is 9.88 Å². The molecule has 0 aliphatic carbocycles. The third-order valence-electron chi connectivity index (χ3n) is 2.57. The second-order valence-corrected chi connectivity index (χ2v) is 6.25. The number of rotatable bonds is 5. The Morgan fingerprint density at radius 1 is 1.53 bits per heavy atom. The fraction of sp³-hybridized carbons (Fsp3) is 0.364. The lowest BCUT2D eigenvalue weighted by Crippen LogP contribution is -2.29. The van der Waals surface area contributed by atoms with Gasteiger partial charge in [-0.3, -0.25) is 4.90 Å². The number of nitrogens with two attached hydrogens (primary N) is 1. The predicted molar refractivity (Wildman–Crippen MR) is 74.7 cm³/mol. The number of hydrogen-bond donors (Lipinski definition) is 1. The van der Waals surface area contributed by atoms with Gasteiger partial charge in [-0.1, -0.05) is 11.6 Å². The van der Waals surface area contributed by atoms with Gasteiger partial charge in [0.2, 0.25) is 0 Å². The Hall–Kier alpha value is -0.460. The van der Waals surface area contributed by atoms with Crippen molar-refractivity contribution in [2.24, 2.45) is 5.73 Å². The first-order valence-electron chi connectivity index (χ1n) is 5.23. The topological polar surface area (TPSA) is 42.2 Å². The van der Waals surface area contributed by atoms with Crippen LogP contribution >= 0.6 is 34.3 Å². The lowest BCUT2D eigenvalue weighted by atomic mass is 10.2. The summed E-state index contributed by atoms with van der Waals surface area (Å²) >= 11 is 9.16. The van der Waals surface area contributed by atoms with Crippen LogP contribution in [0.25, 0.3) is 0 Å². The zero-order valence-corrected chi connectivity index (χ0v) is 11.9. The van der Waals surface area contributed by atoms with Crippen LogP contribution in [0.3, 0.4) is 0 Å². The molecule has 0 aliphatic heterocycles. The van der Waals surface area contributed by atoms with Gasteiger partial charge in [-0.05, 0) is 19.2 Å². The Bertz CT molecular complexity index is 455. The molecule has 2 aromatic heterocycles. The van der Waals surface area contributed by atoms with E-state index in [2.05, 4.69) is 22.3 Å². The molecule has 6 heteroatoms. The largest absolute Gasteiger partial charge is 0.329 e. The maximum Gasteiger partial charge on any atom is 0.0931 e. The summed E-state index contributed by atoms with van der Waals surface area (Å²) in [5, 5.41) is 2.06. The van der Waals surface area contributed by atoms with E-state index < -0.39 is 0 Å². The number of thiazole rings is 1. The van der Waals surface area contributed by atoms with E-state index in [0.717, 1.165) is 16.6 Å². The minimum atomic E-state index is 0.203. The van der Waals surface area contributed by atoms with Crippen molar-refractivity contribution in [3.63, 3.8) is 0 Å². The van der Waals surface area contributed by atoms with E-state index in [1.165, 1.54) is 4.88 Å². The summed E-state index contributed by atoms with van der Waals surface area (Å²) in [6, 6.07) is 4.16. The lowest BCUT2D eigenvalue weighted by molar-refractivity contribution is 0.243. The van der Waals surface area contributed by atoms with E-state index in [1.807, 2.05) is 17.6 Å². The van der Waals surface area contributed by atoms with Gasteiger partial charge in [-0.15, -0.1) is 22.7 Å². The van der Waals surface area contributed by atoms with Crippen LogP contribution in [-0.4, -0.2) is 23.5 Å². The van der Waals surface area contributed by atoms with Gasteiger partial charge in [0.15, 0.2) is 0 Å². The normalized spacial score (nSPS) is 13.2. The van der Waals surface area contributed by atoms with Gasteiger partial charge in [0, 0.05) is 23.3 Å². The highest BCUT2D eigenvalue weighted by molar-refractivity contribution is 7.16. The van der Waals surface area contributed by atoms with Gasteiger partial charge in [-0.2, -0.15) is 0 Å². The molecule has 1 unspecified atom stereocenters. The summed E-state index contributed by atoms with van der Waals surface area (Å²) < 4.78 is 0.806. The summed E-state index contributed by atoms with van der Waals surface area (Å²) in [6.45, 7) is 1.39. The van der Waals surface area contributed by atoms with E-state index in [1.54, 1.807) is 22.7 Å². The SMILES string of the molecule is CN(Cc1cscn1)C(CN)c1ccc(Cl)s1. The zero-order chi connectivity index (χ0) is 12.3. The van der Waals surface area contributed by atoms with Gasteiger partial charge in [0.25, 0.3) is 0 Å². The highest BCUT2D eigenvalue weighted by Crippen LogP contribution is 2.30. The molecule has 0 aromatic carbocycles. The molecule has 0 radical (unpaired) electrons. The van der Waals surface area contributed by atoms with E-state index in [4.69, 9.17) is 17.3 Å². The van der Waals surface area contributed by atoms with Crippen molar-refractivity contribution in [2.45, 2.75) is 12.6 Å². The molecule has 0 amide bonds. The second kappa shape index (κ2) is 5.93. The predicted octanol–water partition coefficient (Wildman–Crippen LogP) is 2.99. The van der Waals surface area contributed by atoms with Gasteiger partial charge in [0.05, 0.1) is 21.6 Å². The smallest absolute Gasteiger partial charge is 0.0931 e. The van der Waals surface area contributed by atoms with Crippen molar-refractivity contribution in [3.05, 3.63) is 37.9 Å². The third kappa shape index (κ3) is 3.26. The van der Waals surface area contributed by atoms with Crippen LogP contribution < -0.4 is 5.73 Å². The molecule has 2 heterocycles. The van der Waals surface area contributed by atoms with Crippen LogP contribution in [0, 0.1) is 0 Å². The molecule has 0 bridgehead atoms. The molecule has 92 valence electrons. The minimum absolute atomic E-state index is 0.203. The van der Waals surface area contributed by atoms with Gasteiger partial charge in [0.1, 0.15) is 0 Å². The molecule has 0 saturated heterocycles. The Morgan fingerprint density at radius 3 is 2.88 bits per heavy atom. The number of nitrogens with zero attached hydrogens (tertiary/aromatic N) is 2. The first-order valence-corrected chi connectivity index (χ1v) is 7.37. The summed E-state index contributed by atoms with van der Waals surface area (Å²) in [4.78, 5) is 7.69. The third-order valence-corrected chi connectivity index (χ3v) is 4.54. The molecule has 2 N–H and O–H groups in total. The van der Waals surface area contributed by atoms with Crippen molar-refractivity contribution in [3.8, 4) is 0 Å².